The van der Waals surface area contributed by atoms with Gasteiger partial charge in [0.2, 0.25) is 5.91 Å². The van der Waals surface area contributed by atoms with Gasteiger partial charge in [-0.05, 0) is 110 Å². The van der Waals surface area contributed by atoms with Crippen LogP contribution in [0.15, 0.2) is 72.8 Å². The number of likely N-dealkylation sites (tertiary alicyclic amines) is 3. The van der Waals surface area contributed by atoms with Gasteiger partial charge in [0, 0.05) is 77.9 Å². The molecule has 3 aromatic rings. The number of urea groups is 2. The number of aryl methyl sites for hydroxylation is 3. The van der Waals surface area contributed by atoms with Gasteiger partial charge >= 0.3 is 18.0 Å². The van der Waals surface area contributed by atoms with E-state index in [-0.39, 0.29) is 59.7 Å². The van der Waals surface area contributed by atoms with Gasteiger partial charge < -0.3 is 49.6 Å². The number of carboxylic acid groups (broad SMARTS) is 1. The number of hydrogen-bond donors (Lipinski definition) is 3. The quantitative estimate of drug-likeness (QED) is 0.0759. The molecule has 77 heavy (non-hydrogen) atoms. The van der Waals surface area contributed by atoms with Crippen LogP contribution in [0, 0.1) is 32.6 Å². The van der Waals surface area contributed by atoms with Crippen LogP contribution in [0.5, 0.6) is 17.2 Å². The normalized spacial score (nSPS) is 21.6. The summed E-state index contributed by atoms with van der Waals surface area (Å²) >= 11 is 0. The third-order valence-corrected chi connectivity index (χ3v) is 14.4. The molecular weight excluding hydrogens is 981 g/mol. The minimum Gasteiger partial charge on any atom is -0.494 e. The predicted molar refractivity (Wildman–Crippen MR) is 298 cm³/mol. The van der Waals surface area contributed by atoms with E-state index in [2.05, 4.69) is 58.2 Å². The molecule has 3 N–H and O–H groups in total. The number of benzene rings is 3. The fourth-order valence-electron chi connectivity index (χ4n) is 9.42. The highest BCUT2D eigenvalue weighted by molar-refractivity contribution is 6.05. The standard InChI is InChI=1S/C19H27N3O3.C18H25N3O3.C18H28N2O2.C4H8O2/c1-14-5-7-17(8-6-14)25-12-4-10-21-11-9-16(13-21)22-18(23)15(2)20(3)19(22)24;1-13-4-6-16(7-5-13)24-11-3-9-20-10-8-15(12-20)21-17(22)14(2)19-18(21)23;1-14(2)18(21)19-16-9-11-20(13-16)10-4-12-22-17-7-5-15(3)6-8-17;1-3(2)4(5)6/h5-8,15-16H,4,9-13H2,1-3H3;4-7,14-15H,3,8-12H2,1-2H3,(H,19,23);5-8,14,16H,4,9-13H2,1-3H3,(H,19,21);3H,1-2H3,(H,5,6). The van der Waals surface area contributed by atoms with E-state index in [1.165, 1.54) is 31.4 Å². The van der Waals surface area contributed by atoms with Gasteiger partial charge in [-0.1, -0.05) is 80.8 Å². The molecule has 18 heteroatoms. The number of nitrogens with one attached hydrogen (secondary N) is 2. The van der Waals surface area contributed by atoms with Crippen molar-refractivity contribution in [1.82, 2.24) is 40.0 Å². The molecule has 8 rings (SSSR count). The smallest absolute Gasteiger partial charge is 0.327 e. The lowest BCUT2D eigenvalue weighted by molar-refractivity contribution is -0.140. The predicted octanol–water partition coefficient (Wildman–Crippen LogP) is 7.24. The Labute approximate surface area is 457 Å². The van der Waals surface area contributed by atoms with Crippen LogP contribution in [-0.4, -0.2) is 186 Å². The lowest BCUT2D eigenvalue weighted by Gasteiger charge is -2.22. The van der Waals surface area contributed by atoms with E-state index in [1.54, 1.807) is 34.7 Å². The highest BCUT2D eigenvalue weighted by Crippen LogP contribution is 2.25. The van der Waals surface area contributed by atoms with E-state index in [0.717, 1.165) is 121 Å². The van der Waals surface area contributed by atoms with Gasteiger partial charge in [-0.2, -0.15) is 0 Å². The second kappa shape index (κ2) is 30.6. The summed E-state index contributed by atoms with van der Waals surface area (Å²) in [6.45, 7) is 27.2. The molecule has 0 radical (unpaired) electrons. The molecule has 0 aromatic heterocycles. The van der Waals surface area contributed by atoms with Gasteiger partial charge in [-0.3, -0.25) is 29.0 Å². The van der Waals surface area contributed by atoms with Crippen molar-refractivity contribution in [3.63, 3.8) is 0 Å². The van der Waals surface area contributed by atoms with Crippen molar-refractivity contribution in [3.05, 3.63) is 89.5 Å². The molecular formula is C59H88N8O10. The van der Waals surface area contributed by atoms with E-state index in [1.807, 2.05) is 74.5 Å². The summed E-state index contributed by atoms with van der Waals surface area (Å²) in [5.74, 6) is 1.82. The summed E-state index contributed by atoms with van der Waals surface area (Å²) in [6, 6.07) is 23.5. The van der Waals surface area contributed by atoms with E-state index in [0.29, 0.717) is 19.3 Å². The maximum atomic E-state index is 12.3. The number of ether oxygens (including phenoxy) is 3. The van der Waals surface area contributed by atoms with Crippen LogP contribution in [-0.2, 0) is 19.2 Å². The molecule has 3 aromatic carbocycles. The van der Waals surface area contributed by atoms with Crippen LogP contribution in [0.3, 0.4) is 0 Å². The molecule has 0 spiro atoms. The third kappa shape index (κ3) is 19.6. The highest BCUT2D eigenvalue weighted by Gasteiger charge is 2.46. The van der Waals surface area contributed by atoms with Crippen molar-refractivity contribution < 1.29 is 48.1 Å². The summed E-state index contributed by atoms with van der Waals surface area (Å²) < 4.78 is 17.2. The van der Waals surface area contributed by atoms with Crippen molar-refractivity contribution in [2.24, 2.45) is 11.8 Å². The fourth-order valence-corrected chi connectivity index (χ4v) is 9.42. The Hall–Kier alpha value is -6.24. The van der Waals surface area contributed by atoms with Crippen molar-refractivity contribution in [3.8, 4) is 17.2 Å². The third-order valence-electron chi connectivity index (χ3n) is 14.4. The van der Waals surface area contributed by atoms with Crippen LogP contribution in [0.25, 0.3) is 0 Å². The zero-order chi connectivity index (χ0) is 56.2. The first-order valence-corrected chi connectivity index (χ1v) is 27.7. The van der Waals surface area contributed by atoms with Crippen LogP contribution < -0.4 is 24.8 Å². The van der Waals surface area contributed by atoms with Gasteiger partial charge in [0.25, 0.3) is 11.8 Å². The maximum absolute atomic E-state index is 12.3. The molecule has 5 atom stereocenters. The number of carbonyl (C=O) groups excluding carboxylic acids is 5. The van der Waals surface area contributed by atoms with E-state index in [4.69, 9.17) is 19.3 Å². The number of imide groups is 2. The molecule has 18 nitrogen and oxygen atoms in total. The highest BCUT2D eigenvalue weighted by atomic mass is 16.5. The number of aliphatic carboxylic acids is 1. The molecule has 7 amide bonds. The first-order chi connectivity index (χ1) is 36.7. The van der Waals surface area contributed by atoms with Gasteiger partial charge in [0.05, 0.1) is 37.8 Å². The molecule has 5 aliphatic heterocycles. The first kappa shape index (κ1) is 61.6. The van der Waals surface area contributed by atoms with Crippen LogP contribution in [0.2, 0.25) is 0 Å². The zero-order valence-corrected chi connectivity index (χ0v) is 47.5. The number of amides is 7. The van der Waals surface area contributed by atoms with Crippen molar-refractivity contribution >= 4 is 35.8 Å². The van der Waals surface area contributed by atoms with E-state index < -0.39 is 12.0 Å². The van der Waals surface area contributed by atoms with E-state index in [9.17, 15) is 28.8 Å². The Morgan fingerprint density at radius 2 is 0.987 bits per heavy atom. The number of carboxylic acids is 1. The lowest BCUT2D eigenvalue weighted by Crippen LogP contribution is -2.42. The Bertz CT molecular complexity index is 2330. The Kier molecular flexibility index (Phi) is 24.5. The topological polar surface area (TPSA) is 194 Å². The molecule has 5 fully saturated rings. The van der Waals surface area contributed by atoms with Crippen LogP contribution >= 0.6 is 0 Å². The Balaban J connectivity index is 0.000000202. The van der Waals surface area contributed by atoms with E-state index >= 15 is 0 Å². The summed E-state index contributed by atoms with van der Waals surface area (Å²) in [5, 5.41) is 13.8. The summed E-state index contributed by atoms with van der Waals surface area (Å²) in [4.78, 5) is 81.3. The zero-order valence-electron chi connectivity index (χ0n) is 47.5. The number of carbonyl (C=O) groups is 6. The fraction of sp³-hybridized carbons (Fsp3) is 0.593. The molecule has 5 saturated heterocycles. The second-order valence-corrected chi connectivity index (χ2v) is 21.6. The minimum absolute atomic E-state index is 0.000432. The maximum Gasteiger partial charge on any atom is 0.327 e. The molecule has 5 aliphatic rings. The summed E-state index contributed by atoms with van der Waals surface area (Å²) in [6.07, 6.45) is 5.63. The largest absolute Gasteiger partial charge is 0.494 e. The second-order valence-electron chi connectivity index (χ2n) is 21.6. The molecule has 0 saturated carbocycles. The Morgan fingerprint density at radius 1 is 0.597 bits per heavy atom. The van der Waals surface area contributed by atoms with Crippen LogP contribution in [0.4, 0.5) is 9.59 Å². The average Bonchev–Trinajstić information content (AvgIpc) is 4.25. The van der Waals surface area contributed by atoms with Gasteiger partial charge in [0.1, 0.15) is 29.3 Å². The van der Waals surface area contributed by atoms with Crippen molar-refractivity contribution in [2.45, 2.75) is 131 Å². The SMILES string of the molecule is CC(C)C(=O)O.Cc1ccc(OCCCN2CCC(N3C(=O)C(C)N(C)C3=O)C2)cc1.Cc1ccc(OCCCN2CCC(N3C(=O)NC(C)C3=O)C2)cc1.Cc1ccc(OCCCN2CCC(NC(=O)C(C)C)C2)cc1. The molecule has 0 aliphatic carbocycles. The summed E-state index contributed by atoms with van der Waals surface area (Å²) in [7, 11) is 1.69. The number of hydrogen-bond acceptors (Lipinski definition) is 12. The average molecular weight is 1070 g/mol. The summed E-state index contributed by atoms with van der Waals surface area (Å²) in [5.41, 5.74) is 3.70. The molecule has 0 bridgehead atoms. The van der Waals surface area contributed by atoms with Gasteiger partial charge in [0.15, 0.2) is 0 Å². The van der Waals surface area contributed by atoms with Crippen LogP contribution in [0.1, 0.15) is 96.8 Å². The minimum atomic E-state index is -0.741. The van der Waals surface area contributed by atoms with Gasteiger partial charge in [-0.15, -0.1) is 0 Å². The van der Waals surface area contributed by atoms with Crippen molar-refractivity contribution in [2.75, 3.05) is 85.8 Å². The molecule has 424 valence electrons. The first-order valence-electron chi connectivity index (χ1n) is 27.7. The number of nitrogens with zero attached hydrogens (tertiary/aromatic N) is 6. The molecule has 5 unspecified atom stereocenters. The number of likely N-dealkylation sites (N-methyl/N-ethyl adjacent to an activating group) is 1. The Morgan fingerprint density at radius 3 is 1.34 bits per heavy atom. The number of rotatable bonds is 20. The molecule has 5 heterocycles. The van der Waals surface area contributed by atoms with Gasteiger partial charge in [-0.25, -0.2) is 9.59 Å². The monoisotopic (exact) mass is 1070 g/mol. The van der Waals surface area contributed by atoms with Crippen molar-refractivity contribution in [1.29, 1.82) is 0 Å². The lowest BCUT2D eigenvalue weighted by atomic mass is 10.2.